The van der Waals surface area contributed by atoms with Crippen LogP contribution in [-0.4, -0.2) is 38.1 Å². The molecule has 3 heterocycles. The third-order valence-electron chi connectivity index (χ3n) is 5.24. The smallest absolute Gasteiger partial charge is 0.321 e. The fourth-order valence-electron chi connectivity index (χ4n) is 4.83. The van der Waals surface area contributed by atoms with Crippen LogP contribution in [0.2, 0.25) is 0 Å². The van der Waals surface area contributed by atoms with Gasteiger partial charge in [-0.3, -0.25) is 4.40 Å². The Morgan fingerprint density at radius 2 is 2.17 bits per heavy atom. The number of aromatic nitrogens is 3. The van der Waals surface area contributed by atoms with Crippen molar-refractivity contribution in [3.05, 3.63) is 24.7 Å². The molecule has 2 aliphatic rings. The molecule has 2 atom stereocenters. The van der Waals surface area contributed by atoms with Crippen LogP contribution in [0.1, 0.15) is 40.0 Å². The fraction of sp³-hybridized carbons (Fsp3) is 0.588. The molecule has 23 heavy (non-hydrogen) atoms. The number of amides is 2. The summed E-state index contributed by atoms with van der Waals surface area (Å²) < 4.78 is 1.81. The van der Waals surface area contributed by atoms with E-state index in [2.05, 4.69) is 36.3 Å². The number of nitrogens with zero attached hydrogens (tertiary/aromatic N) is 4. The Labute approximate surface area is 135 Å². The predicted molar refractivity (Wildman–Crippen MR) is 88.2 cm³/mol. The number of rotatable bonds is 1. The van der Waals surface area contributed by atoms with E-state index in [0.29, 0.717) is 22.8 Å². The molecule has 6 heteroatoms. The summed E-state index contributed by atoms with van der Waals surface area (Å²) >= 11 is 0. The van der Waals surface area contributed by atoms with Crippen LogP contribution in [0.5, 0.6) is 0 Å². The molecule has 1 saturated heterocycles. The van der Waals surface area contributed by atoms with E-state index in [4.69, 9.17) is 0 Å². The molecule has 2 bridgehead atoms. The van der Waals surface area contributed by atoms with Crippen LogP contribution < -0.4 is 5.32 Å². The van der Waals surface area contributed by atoms with Crippen molar-refractivity contribution in [2.75, 3.05) is 11.9 Å². The molecule has 0 radical (unpaired) electrons. The summed E-state index contributed by atoms with van der Waals surface area (Å²) in [5.74, 6) is 0. The number of carbonyl (C=O) groups excluding carboxylic acids is 1. The molecule has 1 aliphatic carbocycles. The van der Waals surface area contributed by atoms with Crippen LogP contribution in [0.15, 0.2) is 24.7 Å². The Kier molecular flexibility index (Phi) is 2.95. The van der Waals surface area contributed by atoms with Gasteiger partial charge in [0.2, 0.25) is 0 Å². The van der Waals surface area contributed by atoms with Crippen molar-refractivity contribution < 1.29 is 4.79 Å². The van der Waals surface area contributed by atoms with E-state index in [1.807, 2.05) is 27.6 Å². The summed E-state index contributed by atoms with van der Waals surface area (Å²) in [7, 11) is 0. The summed E-state index contributed by atoms with van der Waals surface area (Å²) in [5, 5.41) is 11.0. The Bertz CT molecular complexity index is 767. The van der Waals surface area contributed by atoms with Gasteiger partial charge in [-0.2, -0.15) is 0 Å². The topological polar surface area (TPSA) is 62.5 Å². The third-order valence-corrected chi connectivity index (χ3v) is 5.24. The van der Waals surface area contributed by atoms with Gasteiger partial charge >= 0.3 is 6.03 Å². The molecule has 2 amide bonds. The number of pyridine rings is 1. The van der Waals surface area contributed by atoms with E-state index >= 15 is 0 Å². The summed E-state index contributed by atoms with van der Waals surface area (Å²) in [6.45, 7) is 7.78. The molecule has 2 aromatic heterocycles. The van der Waals surface area contributed by atoms with Gasteiger partial charge in [0.15, 0.2) is 5.65 Å². The van der Waals surface area contributed by atoms with Crippen molar-refractivity contribution in [3.63, 3.8) is 0 Å². The molecule has 0 aromatic carbocycles. The summed E-state index contributed by atoms with van der Waals surface area (Å²) in [6, 6.07) is 4.07. The largest absolute Gasteiger partial charge is 0.322 e. The summed E-state index contributed by atoms with van der Waals surface area (Å²) in [4.78, 5) is 14.9. The van der Waals surface area contributed by atoms with E-state index in [1.54, 1.807) is 6.33 Å². The van der Waals surface area contributed by atoms with Crippen LogP contribution >= 0.6 is 0 Å². The highest BCUT2D eigenvalue weighted by atomic mass is 16.2. The van der Waals surface area contributed by atoms with E-state index in [-0.39, 0.29) is 11.4 Å². The van der Waals surface area contributed by atoms with Crippen LogP contribution in [0, 0.1) is 10.8 Å². The van der Waals surface area contributed by atoms with E-state index in [0.717, 1.165) is 19.4 Å². The van der Waals surface area contributed by atoms with Crippen molar-refractivity contribution in [1.82, 2.24) is 19.5 Å². The van der Waals surface area contributed by atoms with Gasteiger partial charge in [0.05, 0.1) is 5.69 Å². The first kappa shape index (κ1) is 14.5. The Morgan fingerprint density at radius 3 is 3.00 bits per heavy atom. The maximum absolute atomic E-state index is 12.8. The Balaban J connectivity index is 1.57. The molecule has 2 fully saturated rings. The van der Waals surface area contributed by atoms with Crippen molar-refractivity contribution >= 4 is 17.4 Å². The molecule has 6 nitrogen and oxygen atoms in total. The lowest BCUT2D eigenvalue weighted by Crippen LogP contribution is -2.40. The van der Waals surface area contributed by atoms with E-state index in [1.165, 1.54) is 6.42 Å². The number of nitrogens with one attached hydrogen (secondary N) is 1. The lowest BCUT2D eigenvalue weighted by molar-refractivity contribution is 0.130. The summed E-state index contributed by atoms with van der Waals surface area (Å²) in [6.07, 6.45) is 6.87. The van der Waals surface area contributed by atoms with Crippen LogP contribution in [0.25, 0.3) is 5.65 Å². The lowest BCUT2D eigenvalue weighted by Gasteiger charge is -2.39. The number of anilines is 1. The first-order valence-corrected chi connectivity index (χ1v) is 8.21. The molecular weight excluding hydrogens is 290 g/mol. The zero-order valence-electron chi connectivity index (χ0n) is 13.9. The number of fused-ring (bicyclic) bond motifs is 3. The second-order valence-corrected chi connectivity index (χ2v) is 8.26. The highest BCUT2D eigenvalue weighted by Crippen LogP contribution is 2.52. The average Bonchev–Trinajstić information content (AvgIpc) is 3.00. The number of likely N-dealkylation sites (tertiary alicyclic amines) is 1. The summed E-state index contributed by atoms with van der Waals surface area (Å²) in [5.41, 5.74) is 1.93. The second kappa shape index (κ2) is 4.69. The molecule has 122 valence electrons. The maximum atomic E-state index is 12.8. The van der Waals surface area contributed by atoms with Crippen LogP contribution in [0.4, 0.5) is 10.5 Å². The molecular formula is C17H23N5O. The van der Waals surface area contributed by atoms with Gasteiger partial charge in [-0.15, -0.1) is 10.2 Å². The first-order chi connectivity index (χ1) is 10.9. The van der Waals surface area contributed by atoms with Crippen LogP contribution in [-0.2, 0) is 0 Å². The molecule has 2 aromatic rings. The van der Waals surface area contributed by atoms with Gasteiger partial charge in [-0.05, 0) is 42.2 Å². The Hall–Kier alpha value is -2.11. The zero-order valence-corrected chi connectivity index (χ0v) is 13.9. The monoisotopic (exact) mass is 313 g/mol. The van der Waals surface area contributed by atoms with Crippen LogP contribution in [0.3, 0.4) is 0 Å². The predicted octanol–water partition coefficient (Wildman–Crippen LogP) is 3.16. The quantitative estimate of drug-likeness (QED) is 0.879. The molecule has 4 rings (SSSR count). The normalized spacial score (nSPS) is 29.0. The number of hydrogen-bond donors (Lipinski definition) is 1. The van der Waals surface area contributed by atoms with Gasteiger partial charge in [-0.1, -0.05) is 20.8 Å². The zero-order chi connectivity index (χ0) is 16.2. The second-order valence-electron chi connectivity index (χ2n) is 8.26. The minimum atomic E-state index is -0.0208. The third kappa shape index (κ3) is 2.46. The fourth-order valence-corrected chi connectivity index (χ4v) is 4.83. The maximum Gasteiger partial charge on any atom is 0.322 e. The van der Waals surface area contributed by atoms with Crippen molar-refractivity contribution in [2.45, 2.75) is 46.1 Å². The van der Waals surface area contributed by atoms with Gasteiger partial charge < -0.3 is 10.2 Å². The standard InChI is InChI=1S/C17H23N5O/c1-16(2)7-12-8-17(3,9-16)10-22(12)15(23)19-13-5-4-6-21-11-18-20-14(13)21/h4-6,11-12H,7-10H2,1-3H3,(H,19,23)/t12-,17-/m1/s1. The highest BCUT2D eigenvalue weighted by molar-refractivity contribution is 5.93. The first-order valence-electron chi connectivity index (χ1n) is 8.21. The van der Waals surface area contributed by atoms with E-state index < -0.39 is 0 Å². The molecule has 0 spiro atoms. The molecule has 1 N–H and O–H groups in total. The van der Waals surface area contributed by atoms with Crippen molar-refractivity contribution in [2.24, 2.45) is 10.8 Å². The minimum absolute atomic E-state index is 0.0208. The number of carbonyl (C=O) groups is 1. The van der Waals surface area contributed by atoms with Gasteiger partial charge in [0.1, 0.15) is 6.33 Å². The molecule has 1 saturated carbocycles. The minimum Gasteiger partial charge on any atom is -0.321 e. The average molecular weight is 313 g/mol. The lowest BCUT2D eigenvalue weighted by atomic mass is 9.65. The van der Waals surface area contributed by atoms with Crippen molar-refractivity contribution in [1.29, 1.82) is 0 Å². The molecule has 0 unspecified atom stereocenters. The Morgan fingerprint density at radius 1 is 1.35 bits per heavy atom. The van der Waals surface area contributed by atoms with Crippen molar-refractivity contribution in [3.8, 4) is 0 Å². The number of urea groups is 1. The van der Waals surface area contributed by atoms with Gasteiger partial charge in [-0.25, -0.2) is 4.79 Å². The molecule has 1 aliphatic heterocycles. The highest BCUT2D eigenvalue weighted by Gasteiger charge is 2.51. The van der Waals surface area contributed by atoms with Gasteiger partial charge in [0.25, 0.3) is 0 Å². The van der Waals surface area contributed by atoms with E-state index in [9.17, 15) is 4.79 Å². The SMILES string of the molecule is CC1(C)C[C@@H]2C[C@@](C)(CN2C(=O)Nc2cccn3cnnc23)C1. The number of hydrogen-bond acceptors (Lipinski definition) is 3. The van der Waals surface area contributed by atoms with Gasteiger partial charge in [0, 0.05) is 18.8 Å².